The van der Waals surface area contributed by atoms with Crippen molar-refractivity contribution in [2.45, 2.75) is 50.5 Å². The normalized spacial score (nSPS) is 34.0. The minimum atomic E-state index is 0.185. The molecule has 0 spiro atoms. The molecular weight excluding hydrogens is 296 g/mol. The van der Waals surface area contributed by atoms with Gasteiger partial charge in [0.25, 0.3) is 0 Å². The number of nitriles is 1. The van der Waals surface area contributed by atoms with Gasteiger partial charge in [-0.3, -0.25) is 10.3 Å². The third-order valence-corrected chi connectivity index (χ3v) is 6.11. The van der Waals surface area contributed by atoms with Gasteiger partial charge in [0.05, 0.1) is 0 Å². The second-order valence-corrected chi connectivity index (χ2v) is 8.03. The maximum Gasteiger partial charge on any atom is 0.205 e. The smallest absolute Gasteiger partial charge is 0.205 e. The number of rotatable bonds is 4. The average molecular weight is 322 g/mol. The van der Waals surface area contributed by atoms with Crippen LogP contribution in [0.3, 0.4) is 0 Å². The molecule has 4 heteroatoms. The zero-order valence-corrected chi connectivity index (χ0v) is 14.2. The molecule has 4 nitrogen and oxygen atoms in total. The van der Waals surface area contributed by atoms with Crippen LogP contribution in [0.4, 0.5) is 0 Å². The van der Waals surface area contributed by atoms with E-state index in [1.807, 2.05) is 6.07 Å². The molecule has 5 rings (SSSR count). The fourth-order valence-electron chi connectivity index (χ4n) is 5.62. The summed E-state index contributed by atoms with van der Waals surface area (Å²) in [5.41, 5.74) is 1.47. The van der Waals surface area contributed by atoms with Crippen LogP contribution in [-0.2, 0) is 6.42 Å². The van der Waals surface area contributed by atoms with Crippen LogP contribution in [0.25, 0.3) is 0 Å². The van der Waals surface area contributed by atoms with Crippen molar-refractivity contribution >= 4 is 5.96 Å². The molecule has 0 aromatic heterocycles. The number of aliphatic imine (C=N–C) groups is 1. The first-order chi connectivity index (χ1) is 11.7. The minimum absolute atomic E-state index is 0.185. The van der Waals surface area contributed by atoms with E-state index in [1.54, 1.807) is 0 Å². The lowest BCUT2D eigenvalue weighted by molar-refractivity contribution is -0.0104. The Morgan fingerprint density at radius 1 is 1.08 bits per heavy atom. The van der Waals surface area contributed by atoms with Crippen LogP contribution in [0.2, 0.25) is 0 Å². The predicted molar refractivity (Wildman–Crippen MR) is 95.2 cm³/mol. The van der Waals surface area contributed by atoms with Gasteiger partial charge in [-0.25, -0.2) is 0 Å². The number of benzene rings is 1. The Morgan fingerprint density at radius 2 is 1.71 bits per heavy atom. The first kappa shape index (κ1) is 15.5. The number of nitrogens with zero attached hydrogens (tertiary/aromatic N) is 2. The van der Waals surface area contributed by atoms with Gasteiger partial charge in [0, 0.05) is 12.1 Å². The predicted octanol–water partition coefficient (Wildman–Crippen LogP) is 3.21. The van der Waals surface area contributed by atoms with Gasteiger partial charge in [-0.1, -0.05) is 30.3 Å². The van der Waals surface area contributed by atoms with Gasteiger partial charge in [0.1, 0.15) is 0 Å². The molecule has 24 heavy (non-hydrogen) atoms. The van der Waals surface area contributed by atoms with E-state index in [4.69, 9.17) is 5.26 Å². The molecule has 2 N–H and O–H groups in total. The molecule has 0 unspecified atom stereocenters. The summed E-state index contributed by atoms with van der Waals surface area (Å²) in [6.45, 7) is 0.702. The van der Waals surface area contributed by atoms with E-state index in [0.29, 0.717) is 12.5 Å². The summed E-state index contributed by atoms with van der Waals surface area (Å²) < 4.78 is 0. The molecule has 4 bridgehead atoms. The Morgan fingerprint density at radius 3 is 2.29 bits per heavy atom. The molecular formula is C20H26N4. The van der Waals surface area contributed by atoms with Gasteiger partial charge >= 0.3 is 0 Å². The molecule has 4 aliphatic rings. The van der Waals surface area contributed by atoms with Crippen LogP contribution in [-0.4, -0.2) is 18.0 Å². The van der Waals surface area contributed by atoms with E-state index in [1.165, 1.54) is 44.1 Å². The Hall–Kier alpha value is -2.02. The molecule has 4 aliphatic carbocycles. The van der Waals surface area contributed by atoms with Gasteiger partial charge in [-0.05, 0) is 68.3 Å². The van der Waals surface area contributed by atoms with Crippen LogP contribution in [0.5, 0.6) is 0 Å². The minimum Gasteiger partial charge on any atom is -0.350 e. The molecule has 0 heterocycles. The first-order valence-electron chi connectivity index (χ1n) is 9.26. The standard InChI is InChI=1S/C20H26N4/c21-14-23-19(22-7-6-15-4-2-1-3-5-15)24-20-11-16-8-17(12-20)10-18(9-16)13-20/h1-5,16-18H,6-13H2,(H2,22,23,24). The molecule has 0 saturated heterocycles. The molecule has 1 aromatic rings. The van der Waals surface area contributed by atoms with E-state index in [-0.39, 0.29) is 5.54 Å². The number of nitrogens with one attached hydrogen (secondary N) is 2. The molecule has 0 amide bonds. The summed E-state index contributed by atoms with van der Waals surface area (Å²) in [6, 6.07) is 10.4. The second kappa shape index (κ2) is 6.47. The average Bonchev–Trinajstić information content (AvgIpc) is 2.54. The highest BCUT2D eigenvalue weighted by Crippen LogP contribution is 2.55. The van der Waals surface area contributed by atoms with Crippen molar-refractivity contribution in [2.24, 2.45) is 22.7 Å². The summed E-state index contributed by atoms with van der Waals surface area (Å²) in [5.74, 6) is 3.33. The highest BCUT2D eigenvalue weighted by Gasteiger charge is 2.51. The van der Waals surface area contributed by atoms with Crippen LogP contribution in [0.15, 0.2) is 35.3 Å². The third-order valence-electron chi connectivity index (χ3n) is 6.11. The lowest BCUT2D eigenvalue weighted by Gasteiger charge is -2.57. The highest BCUT2D eigenvalue weighted by atomic mass is 15.2. The van der Waals surface area contributed by atoms with Crippen LogP contribution in [0.1, 0.15) is 44.1 Å². The Bertz CT molecular complexity index is 608. The van der Waals surface area contributed by atoms with E-state index in [2.05, 4.69) is 46.1 Å². The molecule has 0 aliphatic heterocycles. The zero-order chi connectivity index (χ0) is 16.4. The van der Waals surface area contributed by atoms with E-state index in [0.717, 1.165) is 24.2 Å². The van der Waals surface area contributed by atoms with Crippen LogP contribution in [0, 0.1) is 29.2 Å². The maximum absolute atomic E-state index is 9.08. The van der Waals surface area contributed by atoms with Crippen molar-refractivity contribution < 1.29 is 0 Å². The number of hydrogen-bond donors (Lipinski definition) is 2. The van der Waals surface area contributed by atoms with Crippen molar-refractivity contribution in [3.63, 3.8) is 0 Å². The van der Waals surface area contributed by atoms with E-state index < -0.39 is 0 Å². The quantitative estimate of drug-likeness (QED) is 0.387. The fourth-order valence-corrected chi connectivity index (χ4v) is 5.62. The SMILES string of the molecule is N#CNC(=NCCc1ccccc1)NC12CC3CC(CC(C3)C1)C2. The van der Waals surface area contributed by atoms with Gasteiger partial charge in [0.15, 0.2) is 6.19 Å². The number of guanidine groups is 1. The van der Waals surface area contributed by atoms with Gasteiger partial charge in [-0.15, -0.1) is 0 Å². The molecule has 1 aromatic carbocycles. The van der Waals surface area contributed by atoms with E-state index >= 15 is 0 Å². The number of hydrogen-bond acceptors (Lipinski definition) is 2. The summed E-state index contributed by atoms with van der Waals surface area (Å²) in [4.78, 5) is 4.66. The van der Waals surface area contributed by atoms with Gasteiger partial charge in [-0.2, -0.15) is 5.26 Å². The lowest BCUT2D eigenvalue weighted by atomic mass is 9.53. The maximum atomic E-state index is 9.08. The molecule has 0 radical (unpaired) electrons. The molecule has 126 valence electrons. The topological polar surface area (TPSA) is 60.2 Å². The first-order valence-corrected chi connectivity index (χ1v) is 9.26. The van der Waals surface area contributed by atoms with Crippen molar-refractivity contribution in [2.75, 3.05) is 6.54 Å². The molecule has 4 fully saturated rings. The Balaban J connectivity index is 1.42. The van der Waals surface area contributed by atoms with E-state index in [9.17, 15) is 0 Å². The fraction of sp³-hybridized carbons (Fsp3) is 0.600. The zero-order valence-electron chi connectivity index (χ0n) is 14.2. The second-order valence-electron chi connectivity index (χ2n) is 8.03. The highest BCUT2D eigenvalue weighted by molar-refractivity contribution is 5.82. The summed E-state index contributed by atoms with van der Waals surface area (Å²) in [5, 5.41) is 15.5. The molecule has 0 atom stereocenters. The van der Waals surface area contributed by atoms with Crippen molar-refractivity contribution in [1.29, 1.82) is 5.26 Å². The summed E-state index contributed by atoms with van der Waals surface area (Å²) in [7, 11) is 0. The summed E-state index contributed by atoms with van der Waals surface area (Å²) in [6.07, 6.45) is 11.0. The Kier molecular flexibility index (Phi) is 4.18. The van der Waals surface area contributed by atoms with Crippen molar-refractivity contribution in [3.8, 4) is 6.19 Å². The van der Waals surface area contributed by atoms with Crippen molar-refractivity contribution in [3.05, 3.63) is 35.9 Å². The third kappa shape index (κ3) is 3.26. The van der Waals surface area contributed by atoms with Crippen LogP contribution < -0.4 is 10.6 Å². The van der Waals surface area contributed by atoms with Crippen molar-refractivity contribution in [1.82, 2.24) is 10.6 Å². The molecule has 4 saturated carbocycles. The van der Waals surface area contributed by atoms with Crippen LogP contribution >= 0.6 is 0 Å². The largest absolute Gasteiger partial charge is 0.350 e. The lowest BCUT2D eigenvalue weighted by Crippen LogP contribution is -2.61. The van der Waals surface area contributed by atoms with Gasteiger partial charge < -0.3 is 5.32 Å². The summed E-state index contributed by atoms with van der Waals surface area (Å²) >= 11 is 0. The van der Waals surface area contributed by atoms with Gasteiger partial charge in [0.2, 0.25) is 5.96 Å². The Labute approximate surface area is 144 Å². The monoisotopic (exact) mass is 322 g/mol.